The first-order chi connectivity index (χ1) is 16.6. The zero-order valence-corrected chi connectivity index (χ0v) is 19.9. The molecule has 2 aromatic carbocycles. The molecule has 186 valence electrons. The van der Waals surface area contributed by atoms with Crippen LogP contribution in [-0.2, 0) is 16.2 Å². The lowest BCUT2D eigenvalue weighted by Gasteiger charge is -2.38. The largest absolute Gasteiger partial charge is 0.416 e. The van der Waals surface area contributed by atoms with E-state index in [1.54, 1.807) is 24.3 Å². The predicted molar refractivity (Wildman–Crippen MR) is 126 cm³/mol. The van der Waals surface area contributed by atoms with E-state index in [4.69, 9.17) is 0 Å². The summed E-state index contributed by atoms with van der Waals surface area (Å²) in [5, 5.41) is 0.566. The highest BCUT2D eigenvalue weighted by molar-refractivity contribution is 7.90. The fraction of sp³-hybridized carbons (Fsp3) is 0.400. The van der Waals surface area contributed by atoms with Crippen molar-refractivity contribution in [1.82, 2.24) is 13.8 Å². The maximum absolute atomic E-state index is 13.1. The monoisotopic (exact) mass is 505 g/mol. The summed E-state index contributed by atoms with van der Waals surface area (Å²) in [5.41, 5.74) is -0.0787. The van der Waals surface area contributed by atoms with Crippen molar-refractivity contribution in [1.29, 1.82) is 0 Å². The summed E-state index contributed by atoms with van der Waals surface area (Å²) < 4.78 is 65.7. The zero-order chi connectivity index (χ0) is 24.8. The van der Waals surface area contributed by atoms with Crippen molar-refractivity contribution in [2.75, 3.05) is 26.2 Å². The first kappa shape index (κ1) is 23.9. The summed E-state index contributed by atoms with van der Waals surface area (Å²) in [6.45, 7) is 3.05. The van der Waals surface area contributed by atoms with Gasteiger partial charge >= 0.3 is 6.18 Å². The van der Waals surface area contributed by atoms with Gasteiger partial charge in [-0.2, -0.15) is 13.2 Å². The minimum atomic E-state index is -4.55. The van der Waals surface area contributed by atoms with Gasteiger partial charge in [-0.25, -0.2) is 12.4 Å². The van der Waals surface area contributed by atoms with E-state index in [1.165, 1.54) is 31.9 Å². The van der Waals surface area contributed by atoms with Crippen molar-refractivity contribution in [2.45, 2.75) is 42.8 Å². The Hall–Kier alpha value is -2.85. The van der Waals surface area contributed by atoms with Crippen LogP contribution in [0, 0.1) is 0 Å². The molecule has 10 heteroatoms. The molecule has 0 N–H and O–H groups in total. The molecule has 0 atom stereocenters. The number of carbonyl (C=O) groups excluding carboxylic acids is 1. The molecule has 2 heterocycles. The Morgan fingerprint density at radius 3 is 2.17 bits per heavy atom. The highest BCUT2D eigenvalue weighted by Gasteiger charge is 2.31. The van der Waals surface area contributed by atoms with E-state index in [9.17, 15) is 26.4 Å². The standard InChI is InChI=1S/C25H26F3N3O3S/c26-25(27,28)20-6-8-22(9-7-20)35(33,34)31-12-11-18-17-19(5-10-23(18)31)24(32)30-15-13-29(14-16-30)21-3-1-2-4-21/h5-12,17,21H,1-4,13-16H2. The van der Waals surface area contributed by atoms with Gasteiger partial charge in [0.15, 0.2) is 0 Å². The number of alkyl halides is 3. The summed E-state index contributed by atoms with van der Waals surface area (Å²) in [5.74, 6) is -0.0867. The van der Waals surface area contributed by atoms with Crippen LogP contribution in [0.25, 0.3) is 10.9 Å². The summed E-state index contributed by atoms with van der Waals surface area (Å²) in [7, 11) is -4.10. The van der Waals surface area contributed by atoms with E-state index in [1.807, 2.05) is 4.90 Å². The van der Waals surface area contributed by atoms with Gasteiger partial charge in [0, 0.05) is 49.4 Å². The van der Waals surface area contributed by atoms with Crippen LogP contribution in [-0.4, -0.2) is 60.3 Å². The van der Waals surface area contributed by atoms with Crippen molar-refractivity contribution in [3.05, 3.63) is 65.9 Å². The van der Waals surface area contributed by atoms with Crippen molar-refractivity contribution < 1.29 is 26.4 Å². The quantitative estimate of drug-likeness (QED) is 0.520. The maximum Gasteiger partial charge on any atom is 0.416 e. The molecule has 2 aliphatic rings. The van der Waals surface area contributed by atoms with Gasteiger partial charge < -0.3 is 4.90 Å². The minimum absolute atomic E-state index is 0.0867. The van der Waals surface area contributed by atoms with E-state index in [-0.39, 0.29) is 10.8 Å². The van der Waals surface area contributed by atoms with Gasteiger partial charge in [0.05, 0.1) is 16.0 Å². The summed E-state index contributed by atoms with van der Waals surface area (Å²) in [4.78, 5) is 17.2. The number of piperazine rings is 1. The molecular formula is C25H26F3N3O3S. The van der Waals surface area contributed by atoms with E-state index < -0.39 is 21.8 Å². The number of carbonyl (C=O) groups is 1. The number of fused-ring (bicyclic) bond motifs is 1. The molecule has 2 fully saturated rings. The Balaban J connectivity index is 1.34. The van der Waals surface area contributed by atoms with Crippen molar-refractivity contribution in [3.63, 3.8) is 0 Å². The molecule has 1 aromatic heterocycles. The molecule has 0 bridgehead atoms. The maximum atomic E-state index is 13.1. The van der Waals surface area contributed by atoms with Crippen LogP contribution in [0.1, 0.15) is 41.6 Å². The number of rotatable bonds is 4. The average molecular weight is 506 g/mol. The minimum Gasteiger partial charge on any atom is -0.336 e. The van der Waals surface area contributed by atoms with Crippen molar-refractivity contribution >= 4 is 26.8 Å². The van der Waals surface area contributed by atoms with Crippen LogP contribution < -0.4 is 0 Å². The molecule has 0 unspecified atom stereocenters. The highest BCUT2D eigenvalue weighted by Crippen LogP contribution is 2.31. The Morgan fingerprint density at radius 1 is 0.886 bits per heavy atom. The van der Waals surface area contributed by atoms with Gasteiger partial charge in [-0.1, -0.05) is 12.8 Å². The first-order valence-corrected chi connectivity index (χ1v) is 13.2. The van der Waals surface area contributed by atoms with Crippen LogP contribution in [0.5, 0.6) is 0 Å². The highest BCUT2D eigenvalue weighted by atomic mass is 32.2. The fourth-order valence-corrected chi connectivity index (χ4v) is 6.48. The predicted octanol–water partition coefficient (Wildman–Crippen LogP) is 4.60. The number of halogens is 3. The molecule has 0 radical (unpaired) electrons. The lowest BCUT2D eigenvalue weighted by atomic mass is 10.1. The number of amides is 1. The topological polar surface area (TPSA) is 62.6 Å². The smallest absolute Gasteiger partial charge is 0.336 e. The molecule has 1 aliphatic heterocycles. The Labute approximate surface area is 202 Å². The zero-order valence-electron chi connectivity index (χ0n) is 19.0. The second-order valence-electron chi connectivity index (χ2n) is 9.18. The van der Waals surface area contributed by atoms with Gasteiger partial charge in [0.25, 0.3) is 15.9 Å². The van der Waals surface area contributed by atoms with Crippen molar-refractivity contribution in [3.8, 4) is 0 Å². The lowest BCUT2D eigenvalue weighted by molar-refractivity contribution is -0.137. The number of hydrogen-bond donors (Lipinski definition) is 0. The van der Waals surface area contributed by atoms with Crippen LogP contribution >= 0.6 is 0 Å². The van der Waals surface area contributed by atoms with Crippen LogP contribution in [0.2, 0.25) is 0 Å². The fourth-order valence-electron chi connectivity index (χ4n) is 5.13. The van der Waals surface area contributed by atoms with Gasteiger partial charge in [0.2, 0.25) is 0 Å². The Bertz CT molecular complexity index is 1340. The number of aromatic nitrogens is 1. The number of benzene rings is 2. The molecule has 6 nitrogen and oxygen atoms in total. The number of nitrogens with zero attached hydrogens (tertiary/aromatic N) is 3. The molecule has 1 amide bonds. The Morgan fingerprint density at radius 2 is 1.54 bits per heavy atom. The molecule has 0 spiro atoms. The van der Waals surface area contributed by atoms with Crippen LogP contribution in [0.3, 0.4) is 0 Å². The third kappa shape index (κ3) is 4.56. The van der Waals surface area contributed by atoms with Gasteiger partial charge in [-0.05, 0) is 61.4 Å². The number of hydrogen-bond acceptors (Lipinski definition) is 4. The molecule has 1 saturated heterocycles. The van der Waals surface area contributed by atoms with E-state index >= 15 is 0 Å². The molecule has 5 rings (SSSR count). The first-order valence-electron chi connectivity index (χ1n) is 11.7. The Kier molecular flexibility index (Phi) is 6.13. The third-order valence-electron chi connectivity index (χ3n) is 7.08. The van der Waals surface area contributed by atoms with Crippen LogP contribution in [0.15, 0.2) is 59.6 Å². The molecule has 35 heavy (non-hydrogen) atoms. The van der Waals surface area contributed by atoms with Crippen LogP contribution in [0.4, 0.5) is 13.2 Å². The summed E-state index contributed by atoms with van der Waals surface area (Å²) in [6, 6.07) is 10.5. The lowest BCUT2D eigenvalue weighted by Crippen LogP contribution is -2.51. The average Bonchev–Trinajstić information content (AvgIpc) is 3.53. The second kappa shape index (κ2) is 8.98. The summed E-state index contributed by atoms with van der Waals surface area (Å²) in [6.07, 6.45) is 1.82. The van der Waals surface area contributed by atoms with Gasteiger partial charge in [-0.3, -0.25) is 9.69 Å². The molecule has 1 saturated carbocycles. The van der Waals surface area contributed by atoms with E-state index in [0.29, 0.717) is 35.6 Å². The van der Waals surface area contributed by atoms with Gasteiger partial charge in [-0.15, -0.1) is 0 Å². The molecule has 3 aromatic rings. The summed E-state index contributed by atoms with van der Waals surface area (Å²) >= 11 is 0. The third-order valence-corrected chi connectivity index (χ3v) is 8.79. The molecule has 1 aliphatic carbocycles. The molecular weight excluding hydrogens is 479 g/mol. The van der Waals surface area contributed by atoms with E-state index in [2.05, 4.69) is 4.90 Å². The normalized spacial score (nSPS) is 18.4. The van der Waals surface area contributed by atoms with Crippen molar-refractivity contribution in [2.24, 2.45) is 0 Å². The van der Waals surface area contributed by atoms with Gasteiger partial charge in [0.1, 0.15) is 0 Å². The second-order valence-corrected chi connectivity index (χ2v) is 11.0. The SMILES string of the molecule is O=C(c1ccc2c(ccn2S(=O)(=O)c2ccc(C(F)(F)F)cc2)c1)N1CCN(C2CCCC2)CC1. The van der Waals surface area contributed by atoms with E-state index in [0.717, 1.165) is 41.3 Å².